The summed E-state index contributed by atoms with van der Waals surface area (Å²) in [7, 11) is 0. The van der Waals surface area contributed by atoms with E-state index in [1.165, 1.54) is 46.2 Å². The van der Waals surface area contributed by atoms with E-state index in [1.807, 2.05) is 0 Å². The second-order valence-corrected chi connectivity index (χ2v) is 9.63. The Balaban J connectivity index is 1.51. The summed E-state index contributed by atoms with van der Waals surface area (Å²) in [5.74, 6) is 0.269. The molecule has 4 aromatic rings. The first-order chi connectivity index (χ1) is 17.6. The molecule has 1 atom stereocenters. The molecule has 1 unspecified atom stereocenters. The van der Waals surface area contributed by atoms with Gasteiger partial charge in [-0.1, -0.05) is 123 Å². The number of aryl methyl sites for hydroxylation is 1. The molecule has 0 saturated heterocycles. The van der Waals surface area contributed by atoms with Gasteiger partial charge >= 0.3 is 0 Å². The van der Waals surface area contributed by atoms with Crippen LogP contribution < -0.4 is 0 Å². The quantitative estimate of drug-likeness (QED) is 0.210. The number of unbranched alkanes of at least 4 members (excludes halogenated alkanes) is 1. The average Bonchev–Trinajstić information content (AvgIpc) is 2.95. The zero-order chi connectivity index (χ0) is 25.2. The summed E-state index contributed by atoms with van der Waals surface area (Å²) in [6.07, 6.45) is 7.56. The molecule has 1 nitrogen and oxygen atoms in total. The number of allylic oxidation sites excluding steroid dienone is 2. The number of nitrogens with one attached hydrogen (secondary N) is 1. The summed E-state index contributed by atoms with van der Waals surface area (Å²) >= 11 is 0. The van der Waals surface area contributed by atoms with E-state index in [1.54, 1.807) is 0 Å². The highest BCUT2D eigenvalue weighted by Crippen LogP contribution is 2.29. The van der Waals surface area contributed by atoms with Crippen molar-refractivity contribution in [3.8, 4) is 11.1 Å². The van der Waals surface area contributed by atoms with E-state index >= 15 is 0 Å². The largest absolute Gasteiger partial charge is 0.305 e. The molecule has 36 heavy (non-hydrogen) atoms. The molecule has 1 N–H and O–H groups in total. The lowest BCUT2D eigenvalue weighted by Gasteiger charge is -2.16. The molecule has 0 aliphatic heterocycles. The maximum Gasteiger partial charge on any atom is 0.0386 e. The van der Waals surface area contributed by atoms with Crippen LogP contribution in [0.2, 0.25) is 0 Å². The van der Waals surface area contributed by atoms with Crippen molar-refractivity contribution in [2.75, 3.05) is 0 Å². The van der Waals surface area contributed by atoms with Crippen LogP contribution in [0, 0.1) is 5.41 Å². The van der Waals surface area contributed by atoms with Gasteiger partial charge in [-0.05, 0) is 77.6 Å². The molecule has 1 heteroatoms. The number of benzene rings is 4. The standard InChI is InChI=1S/C35H37N/c1-3-4-13-28-14-11-19-31(25-28)32-20-12-21-34(26-32)35(36)23-22-33(30-17-9-6-10-18-30)24-27(2)29-15-7-5-8-16-29/h5-12,14-21,24-26,33,36H,3-4,13,22-23H2,1-2H3/b27-24+,36-35?. The van der Waals surface area contributed by atoms with Crippen molar-refractivity contribution in [1.82, 2.24) is 0 Å². The van der Waals surface area contributed by atoms with Crippen LogP contribution in [-0.4, -0.2) is 5.71 Å². The molecule has 0 bridgehead atoms. The van der Waals surface area contributed by atoms with Crippen molar-refractivity contribution in [2.45, 2.75) is 51.9 Å². The van der Waals surface area contributed by atoms with Crippen molar-refractivity contribution >= 4 is 11.3 Å². The Hall–Kier alpha value is -3.71. The van der Waals surface area contributed by atoms with Crippen molar-refractivity contribution in [3.63, 3.8) is 0 Å². The van der Waals surface area contributed by atoms with Gasteiger partial charge in [0, 0.05) is 11.6 Å². The molecule has 0 heterocycles. The van der Waals surface area contributed by atoms with Crippen LogP contribution >= 0.6 is 0 Å². The fourth-order valence-corrected chi connectivity index (χ4v) is 4.76. The fourth-order valence-electron chi connectivity index (χ4n) is 4.76. The maximum atomic E-state index is 8.90. The van der Waals surface area contributed by atoms with Crippen LogP contribution in [0.15, 0.2) is 115 Å². The van der Waals surface area contributed by atoms with Gasteiger partial charge in [0.15, 0.2) is 0 Å². The van der Waals surface area contributed by atoms with E-state index in [0.29, 0.717) is 5.71 Å². The van der Waals surface area contributed by atoms with Gasteiger partial charge in [0.05, 0.1) is 0 Å². The van der Waals surface area contributed by atoms with E-state index in [-0.39, 0.29) is 5.92 Å². The minimum absolute atomic E-state index is 0.269. The molecule has 0 aliphatic rings. The number of hydrogen-bond donors (Lipinski definition) is 1. The predicted octanol–water partition coefficient (Wildman–Crippen LogP) is 9.73. The van der Waals surface area contributed by atoms with Gasteiger partial charge in [-0.3, -0.25) is 0 Å². The minimum atomic E-state index is 0.269. The first-order valence-corrected chi connectivity index (χ1v) is 13.2. The summed E-state index contributed by atoms with van der Waals surface area (Å²) in [6.45, 7) is 4.43. The Morgan fingerprint density at radius 2 is 1.39 bits per heavy atom. The first-order valence-electron chi connectivity index (χ1n) is 13.2. The lowest BCUT2D eigenvalue weighted by atomic mass is 9.89. The smallest absolute Gasteiger partial charge is 0.0386 e. The molecule has 4 aromatic carbocycles. The van der Waals surface area contributed by atoms with E-state index < -0.39 is 0 Å². The van der Waals surface area contributed by atoms with Gasteiger partial charge in [-0.2, -0.15) is 0 Å². The number of rotatable bonds is 11. The van der Waals surface area contributed by atoms with E-state index in [2.05, 4.69) is 129 Å². The molecule has 0 spiro atoms. The van der Waals surface area contributed by atoms with Gasteiger partial charge in [0.2, 0.25) is 0 Å². The molecule has 0 aliphatic carbocycles. The molecular formula is C35H37N. The van der Waals surface area contributed by atoms with Gasteiger partial charge in [-0.25, -0.2) is 0 Å². The molecule has 4 rings (SSSR count). The normalized spacial score (nSPS) is 12.3. The van der Waals surface area contributed by atoms with Crippen molar-refractivity contribution in [3.05, 3.63) is 138 Å². The average molecular weight is 472 g/mol. The van der Waals surface area contributed by atoms with Crippen LogP contribution in [0.3, 0.4) is 0 Å². The van der Waals surface area contributed by atoms with E-state index in [9.17, 15) is 0 Å². The zero-order valence-electron chi connectivity index (χ0n) is 21.6. The monoisotopic (exact) mass is 471 g/mol. The topological polar surface area (TPSA) is 23.9 Å². The molecule has 0 radical (unpaired) electrons. The van der Waals surface area contributed by atoms with Crippen molar-refractivity contribution < 1.29 is 0 Å². The second kappa shape index (κ2) is 12.8. The van der Waals surface area contributed by atoms with Crippen LogP contribution in [0.5, 0.6) is 0 Å². The van der Waals surface area contributed by atoms with Gasteiger partial charge in [0.25, 0.3) is 0 Å². The van der Waals surface area contributed by atoms with Crippen molar-refractivity contribution in [2.24, 2.45) is 0 Å². The summed E-state index contributed by atoms with van der Waals surface area (Å²) < 4.78 is 0. The zero-order valence-corrected chi connectivity index (χ0v) is 21.6. The first kappa shape index (κ1) is 25.4. The molecule has 0 fully saturated rings. The third kappa shape index (κ3) is 6.92. The van der Waals surface area contributed by atoms with Crippen LogP contribution in [0.25, 0.3) is 16.7 Å². The van der Waals surface area contributed by atoms with Crippen LogP contribution in [-0.2, 0) is 6.42 Å². The van der Waals surface area contributed by atoms with Gasteiger partial charge < -0.3 is 5.41 Å². The SMILES string of the molecule is CCCCc1cccc(-c2cccc(C(=N)CCC(/C=C(\C)c3ccccc3)c3ccccc3)c2)c1. The van der Waals surface area contributed by atoms with Gasteiger partial charge in [0.1, 0.15) is 0 Å². The molecular weight excluding hydrogens is 434 g/mol. The Labute approximate surface area is 217 Å². The third-order valence-corrected chi connectivity index (χ3v) is 6.90. The fraction of sp³-hybridized carbons (Fsp3) is 0.229. The lowest BCUT2D eigenvalue weighted by Crippen LogP contribution is -2.04. The summed E-state index contributed by atoms with van der Waals surface area (Å²) in [5, 5.41) is 8.90. The van der Waals surface area contributed by atoms with Crippen LogP contribution in [0.4, 0.5) is 0 Å². The van der Waals surface area contributed by atoms with E-state index in [0.717, 1.165) is 24.8 Å². The Morgan fingerprint density at radius 1 is 0.750 bits per heavy atom. The lowest BCUT2D eigenvalue weighted by molar-refractivity contribution is 0.766. The highest BCUT2D eigenvalue weighted by molar-refractivity contribution is 5.99. The molecule has 0 amide bonds. The molecule has 0 aromatic heterocycles. The Morgan fingerprint density at radius 3 is 2.11 bits per heavy atom. The molecule has 0 saturated carbocycles. The predicted molar refractivity (Wildman–Crippen MR) is 156 cm³/mol. The van der Waals surface area contributed by atoms with Gasteiger partial charge in [-0.15, -0.1) is 0 Å². The summed E-state index contributed by atoms with van der Waals surface area (Å²) in [4.78, 5) is 0. The number of hydrogen-bond acceptors (Lipinski definition) is 1. The highest BCUT2D eigenvalue weighted by atomic mass is 14.4. The minimum Gasteiger partial charge on any atom is -0.305 e. The highest BCUT2D eigenvalue weighted by Gasteiger charge is 2.13. The van der Waals surface area contributed by atoms with E-state index in [4.69, 9.17) is 5.41 Å². The second-order valence-electron chi connectivity index (χ2n) is 9.63. The maximum absolute atomic E-state index is 8.90. The molecule has 182 valence electrons. The Kier molecular flexibility index (Phi) is 9.05. The third-order valence-electron chi connectivity index (χ3n) is 6.90. The Bertz CT molecular complexity index is 1280. The summed E-state index contributed by atoms with van der Waals surface area (Å²) in [5.41, 5.74) is 9.37. The van der Waals surface area contributed by atoms with Crippen LogP contribution in [0.1, 0.15) is 67.7 Å². The summed E-state index contributed by atoms with van der Waals surface area (Å²) in [6, 6.07) is 38.6. The van der Waals surface area contributed by atoms with Crippen molar-refractivity contribution in [1.29, 1.82) is 5.41 Å².